The van der Waals surface area contributed by atoms with E-state index < -0.39 is 0 Å². The van der Waals surface area contributed by atoms with Crippen molar-refractivity contribution >= 4 is 17.3 Å². The van der Waals surface area contributed by atoms with Gasteiger partial charge in [-0.1, -0.05) is 30.4 Å². The number of anilines is 1. The normalized spacial score (nSPS) is 14.6. The van der Waals surface area contributed by atoms with E-state index in [0.29, 0.717) is 5.95 Å². The lowest BCUT2D eigenvalue weighted by molar-refractivity contribution is 0.987. The highest BCUT2D eigenvalue weighted by atomic mass is 32.1. The van der Waals surface area contributed by atoms with E-state index in [4.69, 9.17) is 5.73 Å². The lowest BCUT2D eigenvalue weighted by atomic mass is 10.1. The van der Waals surface area contributed by atoms with Gasteiger partial charge in [0.2, 0.25) is 5.95 Å². The van der Waals surface area contributed by atoms with E-state index in [1.54, 1.807) is 11.3 Å². The van der Waals surface area contributed by atoms with Gasteiger partial charge in [-0.2, -0.15) is 0 Å². The van der Waals surface area contributed by atoms with Crippen LogP contribution in [0.25, 0.3) is 10.6 Å². The van der Waals surface area contributed by atoms with Gasteiger partial charge in [0.05, 0.1) is 16.3 Å². The maximum absolute atomic E-state index is 5.77. The van der Waals surface area contributed by atoms with Crippen molar-refractivity contribution in [1.29, 1.82) is 0 Å². The number of rotatable bonds is 2. The lowest BCUT2D eigenvalue weighted by Crippen LogP contribution is -2.02. The van der Waals surface area contributed by atoms with E-state index in [1.165, 1.54) is 0 Å². The summed E-state index contributed by atoms with van der Waals surface area (Å²) >= 11 is 1.65. The Hall–Kier alpha value is -1.94. The van der Waals surface area contributed by atoms with Gasteiger partial charge >= 0.3 is 0 Å². The summed E-state index contributed by atoms with van der Waals surface area (Å²) in [5.74, 6) is 0.554. The molecule has 0 amide bonds. The van der Waals surface area contributed by atoms with Crippen molar-refractivity contribution in [3.05, 3.63) is 53.6 Å². The van der Waals surface area contributed by atoms with E-state index in [2.05, 4.69) is 22.1 Å². The summed E-state index contributed by atoms with van der Waals surface area (Å²) in [6.45, 7) is 0. The van der Waals surface area contributed by atoms with Crippen LogP contribution in [0.4, 0.5) is 5.95 Å². The number of hydrogen-bond donors (Lipinski definition) is 1. The molecule has 17 heavy (non-hydrogen) atoms. The van der Waals surface area contributed by atoms with Crippen molar-refractivity contribution in [2.24, 2.45) is 0 Å². The average Bonchev–Trinajstić information content (AvgIpc) is 3.02. The second kappa shape index (κ2) is 4.14. The van der Waals surface area contributed by atoms with Crippen molar-refractivity contribution in [2.45, 2.75) is 5.92 Å². The molecule has 0 atom stereocenters. The van der Waals surface area contributed by atoms with E-state index in [1.807, 2.05) is 35.7 Å². The summed E-state index contributed by atoms with van der Waals surface area (Å²) in [6.07, 6.45) is 8.24. The molecule has 4 heteroatoms. The summed E-state index contributed by atoms with van der Waals surface area (Å²) < 4.78 is 0. The molecule has 1 aliphatic rings. The molecular formula is C13H11N3S. The third-order valence-corrected chi connectivity index (χ3v) is 3.52. The van der Waals surface area contributed by atoms with Crippen molar-refractivity contribution in [2.75, 3.05) is 5.73 Å². The average molecular weight is 241 g/mol. The zero-order valence-electron chi connectivity index (χ0n) is 9.08. The molecule has 0 saturated heterocycles. The van der Waals surface area contributed by atoms with Crippen LogP contribution in [-0.2, 0) is 0 Å². The maximum atomic E-state index is 5.77. The van der Waals surface area contributed by atoms with Crippen LogP contribution in [0, 0.1) is 0 Å². The first kappa shape index (κ1) is 10.2. The first-order valence-corrected chi connectivity index (χ1v) is 6.24. The Morgan fingerprint density at radius 1 is 1.18 bits per heavy atom. The second-order valence-corrected chi connectivity index (χ2v) is 4.76. The molecule has 3 rings (SSSR count). The van der Waals surface area contributed by atoms with E-state index in [-0.39, 0.29) is 5.92 Å². The highest BCUT2D eigenvalue weighted by Gasteiger charge is 2.12. The van der Waals surface area contributed by atoms with Gasteiger partial charge < -0.3 is 5.73 Å². The predicted octanol–water partition coefficient (Wildman–Crippen LogP) is 3.00. The molecule has 0 saturated carbocycles. The number of aromatic nitrogens is 2. The molecule has 2 N–H and O–H groups in total. The molecular weight excluding hydrogens is 230 g/mol. The van der Waals surface area contributed by atoms with Crippen LogP contribution in [-0.4, -0.2) is 9.97 Å². The number of nitrogen functional groups attached to an aromatic ring is 1. The summed E-state index contributed by atoms with van der Waals surface area (Å²) in [5.41, 5.74) is 7.62. The first-order valence-electron chi connectivity index (χ1n) is 5.36. The zero-order valence-corrected chi connectivity index (χ0v) is 9.89. The number of nitrogens with zero attached hydrogens (tertiary/aromatic N) is 2. The molecule has 0 aliphatic heterocycles. The van der Waals surface area contributed by atoms with Gasteiger partial charge in [0, 0.05) is 5.92 Å². The highest BCUT2D eigenvalue weighted by molar-refractivity contribution is 7.13. The monoisotopic (exact) mass is 241 g/mol. The van der Waals surface area contributed by atoms with Crippen molar-refractivity contribution in [3.63, 3.8) is 0 Å². The molecule has 3 nitrogen and oxygen atoms in total. The second-order valence-electron chi connectivity index (χ2n) is 3.81. The number of thiophene rings is 1. The smallest absolute Gasteiger partial charge is 0.220 e. The van der Waals surface area contributed by atoms with Gasteiger partial charge in [-0.15, -0.1) is 11.3 Å². The minimum Gasteiger partial charge on any atom is -0.368 e. The first-order chi connectivity index (χ1) is 8.33. The maximum Gasteiger partial charge on any atom is 0.220 e. The number of hydrogen-bond acceptors (Lipinski definition) is 4. The Balaban J connectivity index is 2.06. The fourth-order valence-corrected chi connectivity index (χ4v) is 2.52. The molecule has 0 bridgehead atoms. The Morgan fingerprint density at radius 2 is 2.00 bits per heavy atom. The molecule has 2 aromatic rings. The van der Waals surface area contributed by atoms with Crippen LogP contribution >= 0.6 is 11.3 Å². The van der Waals surface area contributed by atoms with E-state index in [0.717, 1.165) is 16.3 Å². The molecule has 2 aromatic heterocycles. The fraction of sp³-hybridized carbons (Fsp3) is 0.0769. The van der Waals surface area contributed by atoms with Gasteiger partial charge in [0.15, 0.2) is 0 Å². The quantitative estimate of drug-likeness (QED) is 0.879. The van der Waals surface area contributed by atoms with Gasteiger partial charge in [-0.3, -0.25) is 0 Å². The minimum atomic E-state index is 0.221. The molecule has 0 unspecified atom stereocenters. The topological polar surface area (TPSA) is 51.8 Å². The summed E-state index contributed by atoms with van der Waals surface area (Å²) in [4.78, 5) is 9.69. The number of nitrogens with two attached hydrogens (primary N) is 1. The zero-order chi connectivity index (χ0) is 11.7. The fourth-order valence-electron chi connectivity index (χ4n) is 1.84. The Morgan fingerprint density at radius 3 is 2.71 bits per heavy atom. The Bertz CT molecular complexity index is 573. The Labute approximate surface area is 103 Å². The summed E-state index contributed by atoms with van der Waals surface area (Å²) in [7, 11) is 0. The standard InChI is InChI=1S/C13H11N3S/c14-13-15-10(9-4-1-2-5-9)8-11(16-13)12-6-3-7-17-12/h1-9H,(H2,14,15,16). The van der Waals surface area contributed by atoms with Crippen LogP contribution in [0.1, 0.15) is 11.6 Å². The van der Waals surface area contributed by atoms with Crippen LogP contribution in [0.3, 0.4) is 0 Å². The van der Waals surface area contributed by atoms with Gasteiger partial charge in [-0.05, 0) is 17.5 Å². The lowest BCUT2D eigenvalue weighted by Gasteiger charge is -2.07. The molecule has 2 heterocycles. The molecule has 0 fully saturated rings. The molecule has 0 radical (unpaired) electrons. The van der Waals surface area contributed by atoms with Gasteiger partial charge in [0.1, 0.15) is 0 Å². The molecule has 1 aliphatic carbocycles. The summed E-state index contributed by atoms with van der Waals surface area (Å²) in [6, 6.07) is 6.05. The minimum absolute atomic E-state index is 0.221. The van der Waals surface area contributed by atoms with Crippen molar-refractivity contribution in [3.8, 4) is 10.6 Å². The number of allylic oxidation sites excluding steroid dienone is 4. The van der Waals surface area contributed by atoms with Crippen LogP contribution in [0.15, 0.2) is 47.9 Å². The van der Waals surface area contributed by atoms with E-state index >= 15 is 0 Å². The predicted molar refractivity (Wildman–Crippen MR) is 70.8 cm³/mol. The van der Waals surface area contributed by atoms with Crippen LogP contribution in [0.5, 0.6) is 0 Å². The molecule has 84 valence electrons. The van der Waals surface area contributed by atoms with Crippen LogP contribution < -0.4 is 5.73 Å². The molecule has 0 spiro atoms. The van der Waals surface area contributed by atoms with Crippen molar-refractivity contribution in [1.82, 2.24) is 9.97 Å². The van der Waals surface area contributed by atoms with Crippen LogP contribution in [0.2, 0.25) is 0 Å². The Kier molecular flexibility index (Phi) is 2.49. The third-order valence-electron chi connectivity index (χ3n) is 2.63. The van der Waals surface area contributed by atoms with Crippen molar-refractivity contribution < 1.29 is 0 Å². The highest BCUT2D eigenvalue weighted by Crippen LogP contribution is 2.28. The summed E-state index contributed by atoms with van der Waals surface area (Å²) in [5, 5.41) is 2.03. The van der Waals surface area contributed by atoms with Gasteiger partial charge in [0.25, 0.3) is 0 Å². The molecule has 0 aromatic carbocycles. The van der Waals surface area contributed by atoms with E-state index in [9.17, 15) is 0 Å². The largest absolute Gasteiger partial charge is 0.368 e. The van der Waals surface area contributed by atoms with Gasteiger partial charge in [-0.25, -0.2) is 9.97 Å². The third kappa shape index (κ3) is 1.99. The SMILES string of the molecule is Nc1nc(-c2cccs2)cc(C2C=CC=C2)n1.